The molecule has 0 radical (unpaired) electrons. The summed E-state index contributed by atoms with van der Waals surface area (Å²) in [4.78, 5) is 53.1. The van der Waals surface area contributed by atoms with Gasteiger partial charge < -0.3 is 9.88 Å². The number of amides is 4. The fourth-order valence-corrected chi connectivity index (χ4v) is 5.64. The third-order valence-electron chi connectivity index (χ3n) is 7.51. The summed E-state index contributed by atoms with van der Waals surface area (Å²) in [6.45, 7) is 5.13. The Balaban J connectivity index is 1.12. The van der Waals surface area contributed by atoms with Crippen molar-refractivity contribution in [3.63, 3.8) is 0 Å². The summed E-state index contributed by atoms with van der Waals surface area (Å²) in [6.07, 6.45) is 2.26. The number of hydrogen-bond donors (Lipinski definition) is 2. The van der Waals surface area contributed by atoms with Gasteiger partial charge in [-0.2, -0.15) is 0 Å². The highest BCUT2D eigenvalue weighted by Crippen LogP contribution is 2.31. The number of carbonyl (C=O) groups is 4. The lowest BCUT2D eigenvalue weighted by Gasteiger charge is -2.32. The van der Waals surface area contributed by atoms with E-state index in [1.54, 1.807) is 12.1 Å². The molecule has 4 aliphatic rings. The average molecular weight is 478 g/mol. The summed E-state index contributed by atoms with van der Waals surface area (Å²) in [7, 11) is 0. The zero-order valence-electron chi connectivity index (χ0n) is 19.3. The van der Waals surface area contributed by atoms with Gasteiger partial charge in [-0.3, -0.25) is 34.3 Å². The number of likely N-dealkylation sites (tertiary alicyclic amines) is 1. The maximum Gasteiger partial charge on any atom is 0.262 e. The van der Waals surface area contributed by atoms with Crippen LogP contribution in [0.4, 0.5) is 0 Å². The van der Waals surface area contributed by atoms with E-state index >= 15 is 0 Å². The zero-order valence-corrected chi connectivity index (χ0v) is 19.3. The van der Waals surface area contributed by atoms with Gasteiger partial charge in [0.1, 0.15) is 17.7 Å². The Labute approximate surface area is 201 Å². The molecule has 1 unspecified atom stereocenters. The lowest BCUT2D eigenvalue weighted by atomic mass is 9.95. The first-order valence-electron chi connectivity index (χ1n) is 12.2. The van der Waals surface area contributed by atoms with Crippen LogP contribution in [0.1, 0.15) is 69.5 Å². The van der Waals surface area contributed by atoms with Crippen LogP contribution < -0.4 is 10.6 Å². The summed E-state index contributed by atoms with van der Waals surface area (Å²) < 4.78 is 2.26. The minimum absolute atomic E-state index is 0.111. The number of nitrogens with one attached hydrogen (secondary N) is 2. The van der Waals surface area contributed by atoms with E-state index in [1.165, 1.54) is 0 Å². The number of benzene rings is 1. The molecule has 0 spiro atoms. The molecule has 2 aromatic rings. The van der Waals surface area contributed by atoms with Gasteiger partial charge in [-0.25, -0.2) is 0 Å². The van der Waals surface area contributed by atoms with Crippen LogP contribution in [0.15, 0.2) is 18.2 Å². The average Bonchev–Trinajstić information content (AvgIpc) is 3.39. The first-order chi connectivity index (χ1) is 17.0. The van der Waals surface area contributed by atoms with Gasteiger partial charge in [0.05, 0.1) is 17.7 Å². The first kappa shape index (κ1) is 22.1. The van der Waals surface area contributed by atoms with Crippen molar-refractivity contribution in [3.05, 3.63) is 46.5 Å². The van der Waals surface area contributed by atoms with Gasteiger partial charge in [0.25, 0.3) is 11.8 Å². The van der Waals surface area contributed by atoms with Gasteiger partial charge in [0, 0.05) is 32.0 Å². The summed E-state index contributed by atoms with van der Waals surface area (Å²) in [6, 6.07) is 4.39. The third-order valence-corrected chi connectivity index (χ3v) is 7.51. The van der Waals surface area contributed by atoms with E-state index in [-0.39, 0.29) is 18.7 Å². The molecule has 5 heterocycles. The zero-order chi connectivity index (χ0) is 24.1. The maximum absolute atomic E-state index is 13.1. The van der Waals surface area contributed by atoms with Gasteiger partial charge in [0.15, 0.2) is 0 Å². The van der Waals surface area contributed by atoms with Crippen molar-refractivity contribution in [1.82, 2.24) is 35.2 Å². The molecule has 2 fully saturated rings. The second kappa shape index (κ2) is 8.65. The van der Waals surface area contributed by atoms with E-state index in [4.69, 9.17) is 0 Å². The van der Waals surface area contributed by atoms with Gasteiger partial charge in [0.2, 0.25) is 11.8 Å². The number of aromatic nitrogens is 3. The van der Waals surface area contributed by atoms with E-state index in [0.29, 0.717) is 23.6 Å². The molecule has 182 valence electrons. The van der Waals surface area contributed by atoms with Crippen molar-refractivity contribution in [2.75, 3.05) is 19.6 Å². The molecule has 0 aliphatic carbocycles. The van der Waals surface area contributed by atoms with Crippen LogP contribution in [-0.4, -0.2) is 73.9 Å². The van der Waals surface area contributed by atoms with E-state index in [1.807, 2.05) is 6.07 Å². The highest BCUT2D eigenvalue weighted by atomic mass is 16.2. The molecule has 35 heavy (non-hydrogen) atoms. The smallest absolute Gasteiger partial charge is 0.262 e. The van der Waals surface area contributed by atoms with Gasteiger partial charge in [-0.05, 0) is 50.0 Å². The fourth-order valence-electron chi connectivity index (χ4n) is 5.64. The molecule has 0 bridgehead atoms. The number of carbonyl (C=O) groups excluding carboxylic acids is 4. The predicted octanol–water partition coefficient (Wildman–Crippen LogP) is 0.162. The molecule has 1 aromatic heterocycles. The Morgan fingerprint density at radius 1 is 0.943 bits per heavy atom. The monoisotopic (exact) mass is 477 g/mol. The molecule has 2 N–H and O–H groups in total. The van der Waals surface area contributed by atoms with Crippen LogP contribution >= 0.6 is 0 Å². The molecular weight excluding hydrogens is 450 g/mol. The van der Waals surface area contributed by atoms with E-state index < -0.39 is 23.8 Å². The van der Waals surface area contributed by atoms with E-state index in [2.05, 4.69) is 30.3 Å². The first-order valence-corrected chi connectivity index (χ1v) is 12.2. The molecule has 1 aromatic carbocycles. The van der Waals surface area contributed by atoms with Crippen LogP contribution in [0.3, 0.4) is 0 Å². The third kappa shape index (κ3) is 3.84. The van der Waals surface area contributed by atoms with Crippen molar-refractivity contribution in [1.29, 1.82) is 0 Å². The van der Waals surface area contributed by atoms with E-state index in [0.717, 1.165) is 67.7 Å². The summed E-state index contributed by atoms with van der Waals surface area (Å²) in [5.74, 6) is 0.587. The number of imide groups is 2. The van der Waals surface area contributed by atoms with Gasteiger partial charge in [-0.1, -0.05) is 6.07 Å². The Morgan fingerprint density at radius 3 is 2.54 bits per heavy atom. The van der Waals surface area contributed by atoms with E-state index in [9.17, 15) is 19.2 Å². The molecule has 1 atom stereocenters. The largest absolute Gasteiger partial charge is 0.312 e. The van der Waals surface area contributed by atoms with Crippen LogP contribution in [0.2, 0.25) is 0 Å². The number of piperidine rings is 2. The minimum Gasteiger partial charge on any atom is -0.312 e. The summed E-state index contributed by atoms with van der Waals surface area (Å²) >= 11 is 0. The highest BCUT2D eigenvalue weighted by Gasteiger charge is 2.44. The fraction of sp³-hybridized carbons (Fsp3) is 0.500. The summed E-state index contributed by atoms with van der Waals surface area (Å²) in [5, 5.41) is 14.4. The second-order valence-corrected chi connectivity index (χ2v) is 9.68. The van der Waals surface area contributed by atoms with Crippen molar-refractivity contribution in [2.45, 2.75) is 57.3 Å². The second-order valence-electron chi connectivity index (χ2n) is 9.68. The normalized spacial score (nSPS) is 23.4. The molecule has 4 amide bonds. The van der Waals surface area contributed by atoms with Crippen LogP contribution in [-0.2, 0) is 29.2 Å². The Hall–Kier alpha value is -3.44. The molecule has 6 rings (SSSR count). The molecule has 11 nitrogen and oxygen atoms in total. The Morgan fingerprint density at radius 2 is 1.74 bits per heavy atom. The number of fused-ring (bicyclic) bond motifs is 2. The topological polar surface area (TPSA) is 130 Å². The molecule has 0 saturated carbocycles. The molecular formula is C24H27N7O4. The predicted molar refractivity (Wildman–Crippen MR) is 122 cm³/mol. The van der Waals surface area contributed by atoms with Gasteiger partial charge in [-0.15, -0.1) is 10.2 Å². The van der Waals surface area contributed by atoms with Crippen LogP contribution in [0.25, 0.3) is 0 Å². The lowest BCUT2D eigenvalue weighted by molar-refractivity contribution is -0.136. The lowest BCUT2D eigenvalue weighted by Crippen LogP contribution is -2.54. The highest BCUT2D eigenvalue weighted by molar-refractivity contribution is 6.23. The van der Waals surface area contributed by atoms with Crippen molar-refractivity contribution < 1.29 is 19.2 Å². The Kier molecular flexibility index (Phi) is 5.45. The SMILES string of the molecule is O=C1CCC(N2C(=O)c3ccc(CN4CCC(c5nnc6n5CCNC6)CC4)cc3C2=O)C(=O)N1. The molecule has 4 aliphatic heterocycles. The molecule has 11 heteroatoms. The number of nitrogens with zero attached hydrogens (tertiary/aromatic N) is 5. The van der Waals surface area contributed by atoms with Crippen molar-refractivity contribution in [2.24, 2.45) is 0 Å². The maximum atomic E-state index is 13.1. The number of hydrogen-bond acceptors (Lipinski definition) is 8. The van der Waals surface area contributed by atoms with Crippen LogP contribution in [0.5, 0.6) is 0 Å². The molecule has 2 saturated heterocycles. The minimum atomic E-state index is -0.943. The van der Waals surface area contributed by atoms with Crippen molar-refractivity contribution in [3.8, 4) is 0 Å². The Bertz CT molecular complexity index is 1230. The van der Waals surface area contributed by atoms with Crippen LogP contribution in [0, 0.1) is 0 Å². The summed E-state index contributed by atoms with van der Waals surface area (Å²) in [5.41, 5.74) is 1.60. The van der Waals surface area contributed by atoms with Gasteiger partial charge >= 0.3 is 0 Å². The number of rotatable bonds is 4. The standard InChI is InChI=1S/C24H27N7O4/c32-20-4-3-18(22(33)26-20)31-23(34)16-2-1-14(11-17(16)24(31)35)13-29-8-5-15(6-9-29)21-28-27-19-12-25-7-10-30(19)21/h1-2,11,15,18,25H,3-10,12-13H2,(H,26,32,33). The quantitative estimate of drug-likeness (QED) is 0.596. The van der Waals surface area contributed by atoms with Crippen molar-refractivity contribution >= 4 is 23.6 Å².